The quantitative estimate of drug-likeness (QED) is 0.679. The number of hydrogen-bond donors (Lipinski definition) is 1. The minimum atomic E-state index is 0.157. The summed E-state index contributed by atoms with van der Waals surface area (Å²) < 4.78 is 11.3. The van der Waals surface area contributed by atoms with Crippen LogP contribution in [0.15, 0.2) is 42.5 Å². The van der Waals surface area contributed by atoms with Gasteiger partial charge in [-0.25, -0.2) is 0 Å². The standard InChI is InChI=1S/C21H26N2O2/c1-4-5-11-25-20-10-9-19(13-21(20)24-3)16(2)23-15-18-8-6-7-17(12-18)14-22/h6-10,12-13,16,23H,4-5,11,15H2,1-3H3. The van der Waals surface area contributed by atoms with Crippen molar-refractivity contribution in [3.63, 3.8) is 0 Å². The number of rotatable bonds is 9. The van der Waals surface area contributed by atoms with Crippen molar-refractivity contribution in [2.75, 3.05) is 13.7 Å². The molecule has 0 fully saturated rings. The summed E-state index contributed by atoms with van der Waals surface area (Å²) in [6.45, 7) is 5.66. The van der Waals surface area contributed by atoms with Gasteiger partial charge in [-0.2, -0.15) is 5.26 Å². The number of methoxy groups -OCH3 is 1. The van der Waals surface area contributed by atoms with Gasteiger partial charge in [0.15, 0.2) is 11.5 Å². The van der Waals surface area contributed by atoms with Gasteiger partial charge in [-0.3, -0.25) is 0 Å². The molecule has 0 aliphatic rings. The number of hydrogen-bond acceptors (Lipinski definition) is 4. The molecule has 2 rings (SSSR count). The van der Waals surface area contributed by atoms with Gasteiger partial charge in [0.1, 0.15) is 0 Å². The molecular formula is C21H26N2O2. The molecule has 0 spiro atoms. The molecule has 0 aromatic heterocycles. The van der Waals surface area contributed by atoms with Crippen molar-refractivity contribution in [1.29, 1.82) is 5.26 Å². The maximum atomic E-state index is 8.98. The van der Waals surface area contributed by atoms with Gasteiger partial charge >= 0.3 is 0 Å². The van der Waals surface area contributed by atoms with Gasteiger partial charge in [0.25, 0.3) is 0 Å². The summed E-state index contributed by atoms with van der Waals surface area (Å²) in [7, 11) is 1.66. The smallest absolute Gasteiger partial charge is 0.161 e. The fourth-order valence-electron chi connectivity index (χ4n) is 2.54. The summed E-state index contributed by atoms with van der Waals surface area (Å²) >= 11 is 0. The predicted molar refractivity (Wildman–Crippen MR) is 99.8 cm³/mol. The van der Waals surface area contributed by atoms with Crippen molar-refractivity contribution >= 4 is 0 Å². The molecule has 2 aromatic rings. The molecule has 4 heteroatoms. The second-order valence-corrected chi connectivity index (χ2v) is 6.03. The van der Waals surface area contributed by atoms with Crippen molar-refractivity contribution in [3.05, 3.63) is 59.2 Å². The second-order valence-electron chi connectivity index (χ2n) is 6.03. The van der Waals surface area contributed by atoms with Crippen LogP contribution in [0, 0.1) is 11.3 Å². The lowest BCUT2D eigenvalue weighted by molar-refractivity contribution is 0.288. The van der Waals surface area contributed by atoms with Crippen LogP contribution in [0.4, 0.5) is 0 Å². The van der Waals surface area contributed by atoms with Gasteiger partial charge in [-0.05, 0) is 48.7 Å². The van der Waals surface area contributed by atoms with Crippen LogP contribution in [0.3, 0.4) is 0 Å². The number of nitrogens with one attached hydrogen (secondary N) is 1. The van der Waals surface area contributed by atoms with E-state index in [2.05, 4.69) is 31.3 Å². The highest BCUT2D eigenvalue weighted by molar-refractivity contribution is 5.43. The summed E-state index contributed by atoms with van der Waals surface area (Å²) in [5.74, 6) is 1.54. The fourth-order valence-corrected chi connectivity index (χ4v) is 2.54. The van der Waals surface area contributed by atoms with Crippen molar-refractivity contribution in [2.24, 2.45) is 0 Å². The summed E-state index contributed by atoms with van der Waals surface area (Å²) in [5, 5.41) is 12.5. The van der Waals surface area contributed by atoms with E-state index in [1.54, 1.807) is 7.11 Å². The molecule has 0 bridgehead atoms. The SMILES string of the molecule is CCCCOc1ccc(C(C)NCc2cccc(C#N)c2)cc1OC. The van der Waals surface area contributed by atoms with E-state index in [0.717, 1.165) is 35.5 Å². The minimum Gasteiger partial charge on any atom is -0.493 e. The van der Waals surface area contributed by atoms with Gasteiger partial charge < -0.3 is 14.8 Å². The van der Waals surface area contributed by atoms with E-state index in [1.165, 1.54) is 0 Å². The van der Waals surface area contributed by atoms with Crippen LogP contribution in [-0.4, -0.2) is 13.7 Å². The van der Waals surface area contributed by atoms with Gasteiger partial charge in [0.05, 0.1) is 25.3 Å². The lowest BCUT2D eigenvalue weighted by Crippen LogP contribution is -2.18. The first-order valence-corrected chi connectivity index (χ1v) is 8.71. The summed E-state index contributed by atoms with van der Waals surface area (Å²) in [5.41, 5.74) is 2.91. The monoisotopic (exact) mass is 338 g/mol. The first-order chi connectivity index (χ1) is 12.2. The molecule has 1 N–H and O–H groups in total. The third-order valence-corrected chi connectivity index (χ3v) is 4.11. The van der Waals surface area contributed by atoms with Crippen LogP contribution in [0.2, 0.25) is 0 Å². The lowest BCUT2D eigenvalue weighted by atomic mass is 10.1. The molecule has 0 aliphatic carbocycles. The van der Waals surface area contributed by atoms with Crippen LogP contribution in [0.25, 0.3) is 0 Å². The Morgan fingerprint density at radius 3 is 2.72 bits per heavy atom. The van der Waals surface area contributed by atoms with Crippen molar-refractivity contribution < 1.29 is 9.47 Å². The molecule has 1 atom stereocenters. The fraction of sp³-hybridized carbons (Fsp3) is 0.381. The molecular weight excluding hydrogens is 312 g/mol. The Balaban J connectivity index is 2.00. The van der Waals surface area contributed by atoms with Gasteiger partial charge in [0.2, 0.25) is 0 Å². The van der Waals surface area contributed by atoms with E-state index in [0.29, 0.717) is 18.7 Å². The highest BCUT2D eigenvalue weighted by atomic mass is 16.5. The normalized spacial score (nSPS) is 11.6. The molecule has 0 radical (unpaired) electrons. The van der Waals surface area contributed by atoms with Gasteiger partial charge in [-0.15, -0.1) is 0 Å². The average molecular weight is 338 g/mol. The first kappa shape index (κ1) is 18.8. The topological polar surface area (TPSA) is 54.3 Å². The number of unbranched alkanes of at least 4 members (excludes halogenated alkanes) is 1. The Labute approximate surface area is 150 Å². The largest absolute Gasteiger partial charge is 0.493 e. The van der Waals surface area contributed by atoms with Gasteiger partial charge in [0, 0.05) is 12.6 Å². The van der Waals surface area contributed by atoms with Crippen LogP contribution in [0.5, 0.6) is 11.5 Å². The minimum absolute atomic E-state index is 0.157. The zero-order valence-corrected chi connectivity index (χ0v) is 15.2. The van der Waals surface area contributed by atoms with E-state index < -0.39 is 0 Å². The second kappa shape index (κ2) is 9.71. The van der Waals surface area contributed by atoms with Crippen molar-refractivity contribution in [1.82, 2.24) is 5.32 Å². The summed E-state index contributed by atoms with van der Waals surface area (Å²) in [6, 6.07) is 16.0. The van der Waals surface area contributed by atoms with Crippen LogP contribution < -0.4 is 14.8 Å². The Kier molecular flexibility index (Phi) is 7.31. The molecule has 0 heterocycles. The van der Waals surface area contributed by atoms with Crippen LogP contribution in [-0.2, 0) is 6.54 Å². The molecule has 0 saturated carbocycles. The van der Waals surface area contributed by atoms with E-state index >= 15 is 0 Å². The molecule has 25 heavy (non-hydrogen) atoms. The van der Waals surface area contributed by atoms with Gasteiger partial charge in [-0.1, -0.05) is 31.5 Å². The molecule has 1 unspecified atom stereocenters. The van der Waals surface area contributed by atoms with E-state index in [9.17, 15) is 0 Å². The highest BCUT2D eigenvalue weighted by Crippen LogP contribution is 2.30. The average Bonchev–Trinajstić information content (AvgIpc) is 2.66. The molecule has 132 valence electrons. The number of ether oxygens (including phenoxy) is 2. The molecule has 0 aliphatic heterocycles. The Morgan fingerprint density at radius 2 is 2.00 bits per heavy atom. The van der Waals surface area contributed by atoms with E-state index in [4.69, 9.17) is 14.7 Å². The van der Waals surface area contributed by atoms with Crippen molar-refractivity contribution in [3.8, 4) is 17.6 Å². The van der Waals surface area contributed by atoms with Crippen LogP contribution >= 0.6 is 0 Å². The van der Waals surface area contributed by atoms with E-state index in [1.807, 2.05) is 36.4 Å². The molecule has 0 amide bonds. The van der Waals surface area contributed by atoms with Crippen LogP contribution in [0.1, 0.15) is 49.4 Å². The molecule has 0 saturated heterocycles. The third kappa shape index (κ3) is 5.51. The Hall–Kier alpha value is -2.51. The zero-order chi connectivity index (χ0) is 18.1. The molecule has 4 nitrogen and oxygen atoms in total. The maximum absolute atomic E-state index is 8.98. The number of benzene rings is 2. The first-order valence-electron chi connectivity index (χ1n) is 8.71. The summed E-state index contributed by atoms with van der Waals surface area (Å²) in [4.78, 5) is 0. The number of nitriles is 1. The highest BCUT2D eigenvalue weighted by Gasteiger charge is 2.10. The summed E-state index contributed by atoms with van der Waals surface area (Å²) in [6.07, 6.45) is 2.14. The third-order valence-electron chi connectivity index (χ3n) is 4.11. The van der Waals surface area contributed by atoms with Crippen molar-refractivity contribution in [2.45, 2.75) is 39.3 Å². The predicted octanol–water partition coefficient (Wildman–Crippen LogP) is 4.60. The zero-order valence-electron chi connectivity index (χ0n) is 15.2. The molecule has 2 aromatic carbocycles. The van der Waals surface area contributed by atoms with E-state index in [-0.39, 0.29) is 6.04 Å². The number of nitrogens with zero attached hydrogens (tertiary/aromatic N) is 1. The Morgan fingerprint density at radius 1 is 1.16 bits per heavy atom. The lowest BCUT2D eigenvalue weighted by Gasteiger charge is -2.17. The Bertz CT molecular complexity index is 722. The maximum Gasteiger partial charge on any atom is 0.161 e.